The number of phenols is 1. The highest BCUT2D eigenvalue weighted by atomic mass is 16.4. The van der Waals surface area contributed by atoms with Crippen molar-refractivity contribution in [3.63, 3.8) is 0 Å². The summed E-state index contributed by atoms with van der Waals surface area (Å²) in [7, 11) is 0. The van der Waals surface area contributed by atoms with Crippen LogP contribution in [0.2, 0.25) is 0 Å². The highest BCUT2D eigenvalue weighted by molar-refractivity contribution is 5.94. The fourth-order valence-corrected chi connectivity index (χ4v) is 7.97. The molecule has 0 spiro atoms. The number of aromatic amines is 1. The van der Waals surface area contributed by atoms with Gasteiger partial charge in [0.05, 0.1) is 17.3 Å². The second-order valence-corrected chi connectivity index (χ2v) is 14.5. The van der Waals surface area contributed by atoms with E-state index in [0.717, 1.165) is 81.0 Å². The molecule has 1 atom stereocenters. The SMILES string of the molecule is NC1CCC(N(C(=O)O)c2cc(CCCNC(=O)C3CCC(CNC[C@H](O)c4ccc(O)c5[nH]c(=O)ccc45)CC3)ccc2-c2ccccc2)CC1. The van der Waals surface area contributed by atoms with E-state index in [1.807, 2.05) is 42.5 Å². The minimum absolute atomic E-state index is 0.0168. The van der Waals surface area contributed by atoms with Crippen molar-refractivity contribution in [1.82, 2.24) is 15.6 Å². The first-order valence-electron chi connectivity index (χ1n) is 18.7. The summed E-state index contributed by atoms with van der Waals surface area (Å²) in [5.74, 6) is 0.446. The van der Waals surface area contributed by atoms with Gasteiger partial charge in [0.2, 0.25) is 11.5 Å². The van der Waals surface area contributed by atoms with Gasteiger partial charge in [0.15, 0.2) is 0 Å². The van der Waals surface area contributed by atoms with Crippen molar-refractivity contribution in [3.05, 3.63) is 94.3 Å². The number of hydrogen-bond donors (Lipinski definition) is 7. The molecule has 2 saturated carbocycles. The zero-order chi connectivity index (χ0) is 36.6. The van der Waals surface area contributed by atoms with Crippen LogP contribution in [0.15, 0.2) is 77.6 Å². The summed E-state index contributed by atoms with van der Waals surface area (Å²) < 4.78 is 0. The monoisotopic (exact) mass is 709 g/mol. The van der Waals surface area contributed by atoms with Crippen LogP contribution in [0.25, 0.3) is 22.0 Å². The van der Waals surface area contributed by atoms with Gasteiger partial charge in [-0.1, -0.05) is 48.5 Å². The highest BCUT2D eigenvalue weighted by Crippen LogP contribution is 2.37. The highest BCUT2D eigenvalue weighted by Gasteiger charge is 2.31. The first-order valence-corrected chi connectivity index (χ1v) is 18.7. The summed E-state index contributed by atoms with van der Waals surface area (Å²) in [6, 6.07) is 22.1. The molecular weight excluding hydrogens is 658 g/mol. The molecule has 1 heterocycles. The number of benzene rings is 3. The number of fused-ring (bicyclic) bond motifs is 1. The van der Waals surface area contributed by atoms with E-state index in [2.05, 4.69) is 21.7 Å². The van der Waals surface area contributed by atoms with Crippen LogP contribution < -0.4 is 26.8 Å². The Bertz CT molecular complexity index is 1880. The number of carboxylic acid groups (broad SMARTS) is 1. The molecule has 6 rings (SSSR count). The Kier molecular flexibility index (Phi) is 12.3. The van der Waals surface area contributed by atoms with E-state index in [1.54, 1.807) is 17.0 Å². The van der Waals surface area contributed by atoms with Crippen molar-refractivity contribution in [2.45, 2.75) is 82.4 Å². The number of aromatic nitrogens is 1. The Morgan fingerprint density at radius 1 is 0.923 bits per heavy atom. The molecule has 11 nitrogen and oxygen atoms in total. The van der Waals surface area contributed by atoms with Crippen LogP contribution in [0.3, 0.4) is 0 Å². The van der Waals surface area contributed by atoms with Crippen LogP contribution in [0.1, 0.15) is 75.0 Å². The van der Waals surface area contributed by atoms with Gasteiger partial charge in [0.1, 0.15) is 5.75 Å². The molecule has 2 aliphatic rings. The number of rotatable bonds is 13. The Morgan fingerprint density at radius 3 is 2.40 bits per heavy atom. The molecule has 2 amide bonds. The molecule has 52 heavy (non-hydrogen) atoms. The average Bonchev–Trinajstić information content (AvgIpc) is 3.15. The molecule has 11 heteroatoms. The Labute approximate surface area is 304 Å². The number of carbonyl (C=O) groups excluding carboxylic acids is 1. The number of H-pyrrole nitrogens is 1. The van der Waals surface area contributed by atoms with Crippen molar-refractivity contribution in [2.24, 2.45) is 17.6 Å². The third-order valence-corrected chi connectivity index (χ3v) is 10.9. The number of nitrogens with one attached hydrogen (secondary N) is 3. The fourth-order valence-electron chi connectivity index (χ4n) is 7.97. The fraction of sp³-hybridized carbons (Fsp3) is 0.439. The molecule has 0 radical (unpaired) electrons. The van der Waals surface area contributed by atoms with Crippen LogP contribution in [0, 0.1) is 11.8 Å². The van der Waals surface area contributed by atoms with E-state index in [-0.39, 0.29) is 35.2 Å². The molecule has 0 bridgehead atoms. The molecule has 4 aromatic rings. The lowest BCUT2D eigenvalue weighted by Gasteiger charge is -2.35. The summed E-state index contributed by atoms with van der Waals surface area (Å²) in [5, 5.41) is 38.5. The summed E-state index contributed by atoms with van der Waals surface area (Å²) in [5.41, 5.74) is 10.4. The quantitative estimate of drug-likeness (QED) is 0.0847. The topological polar surface area (TPSA) is 181 Å². The molecule has 2 aliphatic carbocycles. The molecule has 3 aromatic carbocycles. The predicted molar refractivity (Wildman–Crippen MR) is 203 cm³/mol. The number of carbonyl (C=O) groups is 2. The first-order chi connectivity index (χ1) is 25.2. The molecular formula is C41H51N5O6. The zero-order valence-electron chi connectivity index (χ0n) is 29.6. The van der Waals surface area contributed by atoms with E-state index in [9.17, 15) is 29.7 Å². The standard InChI is InChI=1S/C41H51N5O6/c42-30-13-15-31(16-14-30)46(41(51)52)35-23-26(10-17-32(35)28-6-2-1-3-7-28)5-4-22-44-40(50)29-11-8-27(9-12-29)24-43-25-37(48)33-18-20-36(47)39-34(33)19-21-38(49)45-39/h1-3,6-7,10,17-21,23,27,29-31,37,43,47-48H,4-5,8-9,11-16,22,24-25,42H2,(H,44,50)(H,45,49)(H,51,52)/t27?,29?,30?,31?,37-/m0/s1. The lowest BCUT2D eigenvalue weighted by Crippen LogP contribution is -2.44. The minimum Gasteiger partial charge on any atom is -0.506 e. The van der Waals surface area contributed by atoms with Crippen LogP contribution in [-0.2, 0) is 11.2 Å². The van der Waals surface area contributed by atoms with Crippen molar-refractivity contribution in [1.29, 1.82) is 0 Å². The van der Waals surface area contributed by atoms with Crippen LogP contribution in [-0.4, -0.2) is 64.0 Å². The molecule has 276 valence electrons. The number of aliphatic hydroxyl groups excluding tert-OH is 1. The molecule has 2 fully saturated rings. The van der Waals surface area contributed by atoms with Gasteiger partial charge in [-0.25, -0.2) is 4.79 Å². The van der Waals surface area contributed by atoms with E-state index in [4.69, 9.17) is 5.73 Å². The van der Waals surface area contributed by atoms with E-state index in [0.29, 0.717) is 47.6 Å². The first kappa shape index (κ1) is 37.1. The van der Waals surface area contributed by atoms with Crippen molar-refractivity contribution < 1.29 is 24.9 Å². The Hall–Kier alpha value is -4.71. The minimum atomic E-state index is -0.951. The maximum atomic E-state index is 13.1. The van der Waals surface area contributed by atoms with Crippen LogP contribution in [0.5, 0.6) is 5.75 Å². The van der Waals surface area contributed by atoms with Gasteiger partial charge in [0.25, 0.3) is 0 Å². The number of nitrogens with zero attached hydrogens (tertiary/aromatic N) is 1. The number of aromatic hydroxyl groups is 1. The largest absolute Gasteiger partial charge is 0.506 e. The maximum absolute atomic E-state index is 13.1. The molecule has 0 aliphatic heterocycles. The van der Waals surface area contributed by atoms with Crippen molar-refractivity contribution in [3.8, 4) is 16.9 Å². The lowest BCUT2D eigenvalue weighted by atomic mass is 9.81. The number of pyridine rings is 1. The zero-order valence-corrected chi connectivity index (χ0v) is 29.6. The number of hydrogen-bond acceptors (Lipinski definition) is 7. The van der Waals surface area contributed by atoms with Gasteiger partial charge >= 0.3 is 6.09 Å². The van der Waals surface area contributed by atoms with Gasteiger partial charge in [-0.15, -0.1) is 0 Å². The lowest BCUT2D eigenvalue weighted by molar-refractivity contribution is -0.126. The van der Waals surface area contributed by atoms with Crippen molar-refractivity contribution >= 4 is 28.6 Å². The van der Waals surface area contributed by atoms with Gasteiger partial charge < -0.3 is 36.7 Å². The summed E-state index contributed by atoms with van der Waals surface area (Å²) in [6.07, 6.45) is 6.28. The smallest absolute Gasteiger partial charge is 0.412 e. The Morgan fingerprint density at radius 2 is 1.67 bits per heavy atom. The van der Waals surface area contributed by atoms with Gasteiger partial charge in [-0.2, -0.15) is 0 Å². The second kappa shape index (κ2) is 17.2. The summed E-state index contributed by atoms with van der Waals surface area (Å²) in [4.78, 5) is 41.6. The number of aliphatic hydroxyl groups is 1. The normalized spacial score (nSPS) is 21.0. The second-order valence-electron chi connectivity index (χ2n) is 14.5. The van der Waals surface area contributed by atoms with Crippen LogP contribution in [0.4, 0.5) is 10.5 Å². The van der Waals surface area contributed by atoms with Gasteiger partial charge in [-0.05, 0) is 112 Å². The third-order valence-electron chi connectivity index (χ3n) is 10.9. The number of amides is 2. The third kappa shape index (κ3) is 9.01. The summed E-state index contributed by atoms with van der Waals surface area (Å²) >= 11 is 0. The van der Waals surface area contributed by atoms with E-state index >= 15 is 0 Å². The maximum Gasteiger partial charge on any atom is 0.412 e. The molecule has 0 saturated heterocycles. The van der Waals surface area contributed by atoms with E-state index < -0.39 is 12.2 Å². The average molecular weight is 710 g/mol. The van der Waals surface area contributed by atoms with Gasteiger partial charge in [-0.3, -0.25) is 14.5 Å². The van der Waals surface area contributed by atoms with E-state index in [1.165, 1.54) is 12.1 Å². The predicted octanol–water partition coefficient (Wildman–Crippen LogP) is 5.83. The van der Waals surface area contributed by atoms with Crippen molar-refractivity contribution in [2.75, 3.05) is 24.5 Å². The molecule has 1 aromatic heterocycles. The number of anilines is 1. The van der Waals surface area contributed by atoms with Crippen LogP contribution >= 0.6 is 0 Å². The molecule has 0 unspecified atom stereocenters. The number of phenolic OH excluding ortho intramolecular Hbond substituents is 1. The Balaban J connectivity index is 0.966. The molecule has 8 N–H and O–H groups in total. The van der Waals surface area contributed by atoms with Gasteiger partial charge in [0, 0.05) is 48.1 Å². The number of nitrogens with two attached hydrogens (primary N) is 1. The summed E-state index contributed by atoms with van der Waals surface area (Å²) in [6.45, 7) is 1.62. The number of aryl methyl sites for hydroxylation is 1.